The Bertz CT molecular complexity index is 1250. The minimum absolute atomic E-state index is 0.189. The monoisotopic (exact) mass is 504 g/mol. The lowest BCUT2D eigenvalue weighted by Gasteiger charge is -2.24. The van der Waals surface area contributed by atoms with E-state index in [9.17, 15) is 26.4 Å². The van der Waals surface area contributed by atoms with Crippen LogP contribution in [0.1, 0.15) is 27.5 Å². The van der Waals surface area contributed by atoms with Crippen molar-refractivity contribution in [3.63, 3.8) is 0 Å². The van der Waals surface area contributed by atoms with Crippen molar-refractivity contribution in [3.05, 3.63) is 76.6 Å². The summed E-state index contributed by atoms with van der Waals surface area (Å²) in [4.78, 5) is 12.4. The highest BCUT2D eigenvalue weighted by molar-refractivity contribution is 7.88. The second-order valence-electron chi connectivity index (χ2n) is 6.46. The number of carbonyl (C=O) groups is 1. The van der Waals surface area contributed by atoms with Crippen LogP contribution in [0.25, 0.3) is 0 Å². The maximum Gasteiger partial charge on any atom is 0.534 e. The quantitative estimate of drug-likeness (QED) is 0.270. The maximum atomic E-state index is 12.9. The Labute approximate surface area is 191 Å². The summed E-state index contributed by atoms with van der Waals surface area (Å²) >= 11 is 6.25. The Morgan fingerprint density at radius 2 is 1.79 bits per heavy atom. The first-order valence-electron chi connectivity index (χ1n) is 9.05. The molecule has 176 valence electrons. The van der Waals surface area contributed by atoms with Gasteiger partial charge in [0.1, 0.15) is 22.4 Å². The highest BCUT2D eigenvalue weighted by Crippen LogP contribution is 2.46. The number of methoxy groups -OCH3 is 2. The second-order valence-corrected chi connectivity index (χ2v) is 8.38. The highest BCUT2D eigenvalue weighted by Gasteiger charge is 2.49. The van der Waals surface area contributed by atoms with Gasteiger partial charge in [-0.05, 0) is 17.7 Å². The van der Waals surface area contributed by atoms with Gasteiger partial charge >= 0.3 is 21.6 Å². The van der Waals surface area contributed by atoms with Crippen LogP contribution >= 0.6 is 11.6 Å². The van der Waals surface area contributed by atoms with Gasteiger partial charge in [-0.25, -0.2) is 4.79 Å². The van der Waals surface area contributed by atoms with Crippen LogP contribution in [-0.4, -0.2) is 43.9 Å². The van der Waals surface area contributed by atoms with Crippen molar-refractivity contribution < 1.29 is 40.0 Å². The third-order valence-electron chi connectivity index (χ3n) is 4.49. The first-order valence-corrected chi connectivity index (χ1v) is 10.8. The van der Waals surface area contributed by atoms with Crippen molar-refractivity contribution in [2.75, 3.05) is 14.2 Å². The van der Waals surface area contributed by atoms with Crippen LogP contribution in [-0.2, 0) is 14.9 Å². The Morgan fingerprint density at radius 3 is 2.30 bits per heavy atom. The Hall–Kier alpha value is -3.25. The molecule has 3 aromatic rings. The van der Waals surface area contributed by atoms with Gasteiger partial charge in [0.2, 0.25) is 0 Å². The lowest BCUT2D eigenvalue weighted by atomic mass is 9.95. The van der Waals surface area contributed by atoms with Gasteiger partial charge in [0.05, 0.1) is 14.2 Å². The number of carbonyl (C=O) groups excluding carboxylic acids is 1. The fourth-order valence-electron chi connectivity index (χ4n) is 3.09. The third kappa shape index (κ3) is 4.76. The lowest BCUT2D eigenvalue weighted by Crippen LogP contribution is -2.29. The predicted octanol–water partition coefficient (Wildman–Crippen LogP) is 4.20. The van der Waals surface area contributed by atoms with Crippen LogP contribution in [0.2, 0.25) is 5.02 Å². The molecule has 33 heavy (non-hydrogen) atoms. The minimum Gasteiger partial charge on any atom is -0.495 e. The molecule has 0 aliphatic heterocycles. The van der Waals surface area contributed by atoms with E-state index in [1.54, 1.807) is 42.6 Å². The molecule has 0 spiro atoms. The average molecular weight is 505 g/mol. The Morgan fingerprint density at radius 1 is 1.12 bits per heavy atom. The summed E-state index contributed by atoms with van der Waals surface area (Å²) in [6.45, 7) is 0. The van der Waals surface area contributed by atoms with Gasteiger partial charge in [-0.1, -0.05) is 41.9 Å². The Balaban J connectivity index is 2.33. The van der Waals surface area contributed by atoms with Gasteiger partial charge in [-0.2, -0.15) is 26.7 Å². The van der Waals surface area contributed by atoms with Crippen LogP contribution in [0.5, 0.6) is 11.5 Å². The van der Waals surface area contributed by atoms with E-state index in [4.69, 9.17) is 16.3 Å². The van der Waals surface area contributed by atoms with E-state index in [1.807, 2.05) is 0 Å². The second kappa shape index (κ2) is 9.32. The number of hydrogen-bond acceptors (Lipinski definition) is 7. The first kappa shape index (κ1) is 24.4. The molecular weight excluding hydrogens is 489 g/mol. The molecule has 0 bridgehead atoms. The summed E-state index contributed by atoms with van der Waals surface area (Å²) in [5.41, 5.74) is -5.58. The van der Waals surface area contributed by atoms with Gasteiger partial charge < -0.3 is 13.7 Å². The smallest absolute Gasteiger partial charge is 0.495 e. The van der Waals surface area contributed by atoms with Gasteiger partial charge in [0, 0.05) is 18.0 Å². The topological polar surface area (TPSA) is 96.7 Å². The van der Waals surface area contributed by atoms with Gasteiger partial charge in [0.15, 0.2) is 5.75 Å². The van der Waals surface area contributed by atoms with Crippen molar-refractivity contribution in [3.8, 4) is 11.5 Å². The molecule has 0 aliphatic rings. The van der Waals surface area contributed by atoms with E-state index in [2.05, 4.69) is 14.0 Å². The maximum absolute atomic E-state index is 12.9. The molecule has 1 heterocycles. The van der Waals surface area contributed by atoms with Crippen molar-refractivity contribution in [1.82, 2.24) is 9.78 Å². The zero-order valence-electron chi connectivity index (χ0n) is 17.0. The van der Waals surface area contributed by atoms with E-state index in [0.29, 0.717) is 5.56 Å². The van der Waals surface area contributed by atoms with E-state index >= 15 is 0 Å². The van der Waals surface area contributed by atoms with Crippen LogP contribution in [0, 0.1) is 0 Å². The molecule has 0 radical (unpaired) electrons. The number of aromatic nitrogens is 2. The average Bonchev–Trinajstić information content (AvgIpc) is 3.29. The largest absolute Gasteiger partial charge is 0.534 e. The molecule has 2 aromatic carbocycles. The molecule has 0 N–H and O–H groups in total. The number of esters is 1. The van der Waals surface area contributed by atoms with Crippen LogP contribution in [0.15, 0.2) is 54.9 Å². The molecule has 0 aliphatic carbocycles. The molecule has 1 atom stereocenters. The fraction of sp³-hybridized carbons (Fsp3) is 0.200. The van der Waals surface area contributed by atoms with E-state index < -0.39 is 44.0 Å². The van der Waals surface area contributed by atoms with Crippen molar-refractivity contribution in [2.24, 2.45) is 0 Å². The summed E-state index contributed by atoms with van der Waals surface area (Å²) in [6.07, 6.45) is 3.11. The SMILES string of the molecule is COC(=O)c1cc(C(c2ccccc2)n2cccn2)c(OC)c(Cl)c1OS(=O)(=O)C(F)(F)F. The van der Waals surface area contributed by atoms with Crippen molar-refractivity contribution >= 4 is 27.7 Å². The molecule has 1 aromatic heterocycles. The molecule has 0 saturated carbocycles. The molecular formula is C20H16ClF3N2O6S. The Kier molecular flexibility index (Phi) is 6.89. The van der Waals surface area contributed by atoms with E-state index in [-0.39, 0.29) is 11.3 Å². The third-order valence-corrected chi connectivity index (χ3v) is 5.79. The molecule has 0 saturated heterocycles. The molecule has 3 rings (SSSR count). The minimum atomic E-state index is -6.16. The summed E-state index contributed by atoms with van der Waals surface area (Å²) in [5, 5.41) is 3.54. The molecule has 13 heteroatoms. The van der Waals surface area contributed by atoms with Gasteiger partial charge in [-0.15, -0.1) is 0 Å². The fourth-order valence-corrected chi connectivity index (χ4v) is 3.95. The lowest BCUT2D eigenvalue weighted by molar-refractivity contribution is -0.0500. The summed E-state index contributed by atoms with van der Waals surface area (Å²) in [7, 11) is -4.02. The van der Waals surface area contributed by atoms with Gasteiger partial charge in [0.25, 0.3) is 0 Å². The van der Waals surface area contributed by atoms with Crippen molar-refractivity contribution in [1.29, 1.82) is 0 Å². The predicted molar refractivity (Wildman–Crippen MR) is 111 cm³/mol. The number of benzene rings is 2. The number of halogens is 4. The van der Waals surface area contributed by atoms with Gasteiger partial charge in [-0.3, -0.25) is 4.68 Å². The van der Waals surface area contributed by atoms with Crippen molar-refractivity contribution in [2.45, 2.75) is 11.6 Å². The summed E-state index contributed by atoms with van der Waals surface area (Å²) in [5.74, 6) is -2.48. The number of hydrogen-bond donors (Lipinski definition) is 0. The normalized spacial score (nSPS) is 12.8. The molecule has 8 nitrogen and oxygen atoms in total. The zero-order chi connectivity index (χ0) is 24.4. The standard InChI is InChI=1S/C20H16ClF3N2O6S/c1-30-17-13(16(26-10-6-9-25-26)12-7-4-3-5-8-12)11-14(19(27)31-2)18(15(17)21)32-33(28,29)20(22,23)24/h3-11,16H,1-2H3. The summed E-state index contributed by atoms with van der Waals surface area (Å²) < 4.78 is 77.8. The highest BCUT2D eigenvalue weighted by atomic mass is 35.5. The van der Waals surface area contributed by atoms with E-state index in [1.165, 1.54) is 18.0 Å². The molecule has 0 amide bonds. The van der Waals surface area contributed by atoms with Crippen LogP contribution in [0.4, 0.5) is 13.2 Å². The number of nitrogens with zero attached hydrogens (tertiary/aromatic N) is 2. The number of rotatable bonds is 7. The summed E-state index contributed by atoms with van der Waals surface area (Å²) in [6, 6.07) is 10.7. The zero-order valence-corrected chi connectivity index (χ0v) is 18.6. The number of ether oxygens (including phenoxy) is 2. The first-order chi connectivity index (χ1) is 15.5. The molecule has 0 fully saturated rings. The number of alkyl halides is 3. The molecule has 1 unspecified atom stereocenters. The van der Waals surface area contributed by atoms with E-state index in [0.717, 1.165) is 13.2 Å². The van der Waals surface area contributed by atoms with Crippen LogP contribution in [0.3, 0.4) is 0 Å². The van der Waals surface area contributed by atoms with Crippen LogP contribution < -0.4 is 8.92 Å².